The second kappa shape index (κ2) is 6.01. The van der Waals surface area contributed by atoms with Crippen molar-refractivity contribution >= 4 is 22.6 Å². The zero-order valence-electron chi connectivity index (χ0n) is 12.9. The van der Waals surface area contributed by atoms with Gasteiger partial charge in [0.2, 0.25) is 0 Å². The highest BCUT2D eigenvalue weighted by Gasteiger charge is 2.15. The van der Waals surface area contributed by atoms with E-state index in [9.17, 15) is 0 Å². The summed E-state index contributed by atoms with van der Waals surface area (Å²) in [4.78, 5) is 8.77. The molecule has 0 saturated heterocycles. The van der Waals surface area contributed by atoms with Gasteiger partial charge in [-0.1, -0.05) is 12.1 Å². The zero-order chi connectivity index (χ0) is 15.5. The first kappa shape index (κ1) is 14.3. The molecule has 3 aromatic rings. The molecule has 0 aliphatic heterocycles. The summed E-state index contributed by atoms with van der Waals surface area (Å²) in [5.74, 6) is 2.20. The van der Waals surface area contributed by atoms with Crippen LogP contribution in [0.1, 0.15) is 25.4 Å². The summed E-state index contributed by atoms with van der Waals surface area (Å²) in [5.41, 5.74) is 2.28. The van der Waals surface area contributed by atoms with E-state index in [2.05, 4.69) is 20.4 Å². The number of aromatic nitrogens is 3. The number of fused-ring (bicyclic) bond motifs is 1. The van der Waals surface area contributed by atoms with E-state index in [0.29, 0.717) is 24.0 Å². The average Bonchev–Trinajstić information content (AvgIpc) is 2.92. The maximum atomic E-state index is 5.45. The molecule has 0 aliphatic carbocycles. The molecule has 114 valence electrons. The lowest BCUT2D eigenvalue weighted by Gasteiger charge is -2.09. The number of nitrogens with one attached hydrogen (secondary N) is 1. The van der Waals surface area contributed by atoms with Crippen molar-refractivity contribution < 1.29 is 9.26 Å². The molecule has 1 aromatic carbocycles. The lowest BCUT2D eigenvalue weighted by Crippen LogP contribution is -1.99. The predicted octanol–water partition coefficient (Wildman–Crippen LogP) is 3.63. The third kappa shape index (κ3) is 2.72. The first-order valence-corrected chi connectivity index (χ1v) is 7.34. The van der Waals surface area contributed by atoms with E-state index in [1.807, 2.05) is 45.0 Å². The van der Waals surface area contributed by atoms with Crippen molar-refractivity contribution in [2.45, 2.75) is 27.2 Å². The molecule has 22 heavy (non-hydrogen) atoms. The van der Waals surface area contributed by atoms with Gasteiger partial charge in [-0.2, -0.15) is 4.98 Å². The molecule has 6 heteroatoms. The normalized spacial score (nSPS) is 10.9. The number of rotatable bonds is 5. The van der Waals surface area contributed by atoms with Crippen molar-refractivity contribution in [2.24, 2.45) is 0 Å². The molecule has 0 spiro atoms. The van der Waals surface area contributed by atoms with Gasteiger partial charge in [-0.05, 0) is 44.5 Å². The van der Waals surface area contributed by atoms with Crippen LogP contribution < -0.4 is 10.1 Å². The maximum Gasteiger partial charge on any atom is 0.263 e. The fourth-order valence-electron chi connectivity index (χ4n) is 2.29. The van der Waals surface area contributed by atoms with Crippen molar-refractivity contribution in [1.29, 1.82) is 0 Å². The first-order valence-electron chi connectivity index (χ1n) is 7.34. The molecule has 0 bridgehead atoms. The SMILES string of the molecule is CCOc1ccc(Nc2nc(C)nc3onc(CC)c23)cc1. The smallest absolute Gasteiger partial charge is 0.263 e. The minimum atomic E-state index is 0.512. The molecule has 0 amide bonds. The molecule has 2 heterocycles. The summed E-state index contributed by atoms with van der Waals surface area (Å²) in [7, 11) is 0. The van der Waals surface area contributed by atoms with Crippen LogP contribution in [0.15, 0.2) is 28.8 Å². The Labute approximate surface area is 128 Å². The topological polar surface area (TPSA) is 73.1 Å². The minimum absolute atomic E-state index is 0.512. The third-order valence-corrected chi connectivity index (χ3v) is 3.28. The van der Waals surface area contributed by atoms with Crippen LogP contribution in [0, 0.1) is 6.92 Å². The van der Waals surface area contributed by atoms with Crippen molar-refractivity contribution in [3.05, 3.63) is 35.8 Å². The van der Waals surface area contributed by atoms with E-state index < -0.39 is 0 Å². The molecular weight excluding hydrogens is 280 g/mol. The van der Waals surface area contributed by atoms with Gasteiger partial charge >= 0.3 is 0 Å². The van der Waals surface area contributed by atoms with E-state index >= 15 is 0 Å². The predicted molar refractivity (Wildman–Crippen MR) is 84.6 cm³/mol. The molecule has 0 aliphatic rings. The Hall–Kier alpha value is -2.63. The number of nitrogens with zero attached hydrogens (tertiary/aromatic N) is 3. The Morgan fingerprint density at radius 3 is 2.59 bits per heavy atom. The Morgan fingerprint density at radius 2 is 1.91 bits per heavy atom. The van der Waals surface area contributed by atoms with E-state index in [-0.39, 0.29) is 0 Å². The molecule has 0 unspecified atom stereocenters. The van der Waals surface area contributed by atoms with Gasteiger partial charge in [0.25, 0.3) is 5.71 Å². The monoisotopic (exact) mass is 298 g/mol. The molecule has 3 rings (SSSR count). The van der Waals surface area contributed by atoms with E-state index in [1.165, 1.54) is 0 Å². The molecule has 6 nitrogen and oxygen atoms in total. The van der Waals surface area contributed by atoms with Gasteiger partial charge < -0.3 is 14.6 Å². The highest BCUT2D eigenvalue weighted by Crippen LogP contribution is 2.28. The lowest BCUT2D eigenvalue weighted by atomic mass is 10.2. The van der Waals surface area contributed by atoms with Crippen LogP contribution in [0.3, 0.4) is 0 Å². The van der Waals surface area contributed by atoms with Gasteiger partial charge in [0.1, 0.15) is 22.8 Å². The van der Waals surface area contributed by atoms with Crippen LogP contribution in [0.2, 0.25) is 0 Å². The maximum absolute atomic E-state index is 5.45. The number of hydrogen-bond acceptors (Lipinski definition) is 6. The van der Waals surface area contributed by atoms with Crippen LogP contribution in [0.4, 0.5) is 11.5 Å². The van der Waals surface area contributed by atoms with E-state index in [1.54, 1.807) is 0 Å². The second-order valence-electron chi connectivity index (χ2n) is 4.86. The highest BCUT2D eigenvalue weighted by atomic mass is 16.5. The molecule has 1 N–H and O–H groups in total. The quantitative estimate of drug-likeness (QED) is 0.775. The zero-order valence-corrected chi connectivity index (χ0v) is 12.9. The molecule has 0 atom stereocenters. The fourth-order valence-corrected chi connectivity index (χ4v) is 2.29. The van der Waals surface area contributed by atoms with Gasteiger partial charge in [0, 0.05) is 5.69 Å². The summed E-state index contributed by atoms with van der Waals surface area (Å²) in [6.45, 7) is 6.47. The van der Waals surface area contributed by atoms with Crippen LogP contribution in [0.25, 0.3) is 11.1 Å². The summed E-state index contributed by atoms with van der Waals surface area (Å²) < 4.78 is 10.7. The summed E-state index contributed by atoms with van der Waals surface area (Å²) in [6.07, 6.45) is 0.761. The fraction of sp³-hybridized carbons (Fsp3) is 0.312. The standard InChI is InChI=1S/C16H18N4O2/c1-4-13-14-15(17-10(3)18-16(14)22-20-13)19-11-6-8-12(9-7-11)21-5-2/h6-9H,4-5H2,1-3H3,(H,17,18,19). The van der Waals surface area contributed by atoms with Gasteiger partial charge in [0.15, 0.2) is 0 Å². The number of hydrogen-bond donors (Lipinski definition) is 1. The van der Waals surface area contributed by atoms with Gasteiger partial charge in [0.05, 0.1) is 12.3 Å². The number of anilines is 2. The Kier molecular flexibility index (Phi) is 3.91. The van der Waals surface area contributed by atoms with Crippen LogP contribution in [-0.2, 0) is 6.42 Å². The van der Waals surface area contributed by atoms with Gasteiger partial charge in [-0.3, -0.25) is 0 Å². The number of benzene rings is 1. The third-order valence-electron chi connectivity index (χ3n) is 3.28. The largest absolute Gasteiger partial charge is 0.494 e. The second-order valence-corrected chi connectivity index (χ2v) is 4.86. The van der Waals surface area contributed by atoms with Crippen molar-refractivity contribution in [2.75, 3.05) is 11.9 Å². The molecular formula is C16H18N4O2. The van der Waals surface area contributed by atoms with E-state index in [4.69, 9.17) is 9.26 Å². The van der Waals surface area contributed by atoms with Gasteiger partial charge in [-0.25, -0.2) is 4.98 Å². The Bertz CT molecular complexity index is 781. The van der Waals surface area contributed by atoms with Crippen molar-refractivity contribution in [1.82, 2.24) is 15.1 Å². The molecule has 0 saturated carbocycles. The Morgan fingerprint density at radius 1 is 1.14 bits per heavy atom. The summed E-state index contributed by atoms with van der Waals surface area (Å²) >= 11 is 0. The van der Waals surface area contributed by atoms with E-state index in [0.717, 1.165) is 28.9 Å². The Balaban J connectivity index is 1.97. The molecule has 0 fully saturated rings. The summed E-state index contributed by atoms with van der Waals surface area (Å²) in [6, 6.07) is 7.75. The molecule has 2 aromatic heterocycles. The van der Waals surface area contributed by atoms with Crippen LogP contribution in [-0.4, -0.2) is 21.7 Å². The highest BCUT2D eigenvalue weighted by molar-refractivity contribution is 5.89. The lowest BCUT2D eigenvalue weighted by molar-refractivity contribution is 0.340. The molecule has 0 radical (unpaired) electrons. The number of aryl methyl sites for hydroxylation is 2. The van der Waals surface area contributed by atoms with Crippen molar-refractivity contribution in [3.63, 3.8) is 0 Å². The minimum Gasteiger partial charge on any atom is -0.494 e. The summed E-state index contributed by atoms with van der Waals surface area (Å²) in [5, 5.41) is 8.20. The van der Waals surface area contributed by atoms with Crippen molar-refractivity contribution in [3.8, 4) is 5.75 Å². The van der Waals surface area contributed by atoms with Crippen LogP contribution in [0.5, 0.6) is 5.75 Å². The first-order chi connectivity index (χ1) is 10.7. The van der Waals surface area contributed by atoms with Crippen LogP contribution >= 0.6 is 0 Å². The van der Waals surface area contributed by atoms with Gasteiger partial charge in [-0.15, -0.1) is 0 Å². The number of ether oxygens (including phenoxy) is 1. The average molecular weight is 298 g/mol.